The highest BCUT2D eigenvalue weighted by atomic mass is 16.5. The fraction of sp³-hybridized carbons (Fsp3) is 0.647. The van der Waals surface area contributed by atoms with Crippen LogP contribution in [0.4, 0.5) is 0 Å². The minimum Gasteiger partial charge on any atom is -0.491 e. The molecule has 4 nitrogen and oxygen atoms in total. The first-order valence-electron chi connectivity index (χ1n) is 7.84. The van der Waals surface area contributed by atoms with E-state index in [1.165, 1.54) is 0 Å². The van der Waals surface area contributed by atoms with Crippen LogP contribution in [0.2, 0.25) is 0 Å². The molecule has 0 spiro atoms. The zero-order valence-electron chi connectivity index (χ0n) is 13.6. The summed E-state index contributed by atoms with van der Waals surface area (Å²) in [4.78, 5) is 2.39. The molecule has 1 aromatic carbocycles. The second kappa shape index (κ2) is 7.25. The van der Waals surface area contributed by atoms with Crippen LogP contribution in [0, 0.1) is 0 Å². The first kappa shape index (κ1) is 16.3. The number of ether oxygens (including phenoxy) is 2. The number of hydrogen-bond acceptors (Lipinski definition) is 4. The van der Waals surface area contributed by atoms with E-state index in [-0.39, 0.29) is 24.4 Å². The SMILES string of the molecule is CC(C)Oc1ccc(C(N)CN2C[C@@H](C)O[C@@H](C)C2)cc1. The number of hydrogen-bond donors (Lipinski definition) is 1. The molecule has 1 aliphatic rings. The van der Waals surface area contributed by atoms with E-state index in [2.05, 4.69) is 30.9 Å². The predicted molar refractivity (Wildman–Crippen MR) is 85.6 cm³/mol. The molecule has 21 heavy (non-hydrogen) atoms. The third kappa shape index (κ3) is 4.99. The van der Waals surface area contributed by atoms with E-state index in [0.29, 0.717) is 0 Å². The maximum atomic E-state index is 6.34. The normalized spacial score (nSPS) is 25.0. The molecular formula is C17H28N2O2. The molecule has 0 bridgehead atoms. The summed E-state index contributed by atoms with van der Waals surface area (Å²) < 4.78 is 11.4. The molecule has 0 amide bonds. The average Bonchev–Trinajstić information content (AvgIpc) is 2.37. The largest absolute Gasteiger partial charge is 0.491 e. The molecule has 2 rings (SSSR count). The fourth-order valence-electron chi connectivity index (χ4n) is 2.88. The standard InChI is InChI=1S/C17H28N2O2/c1-12(2)20-16-7-5-15(6-8-16)17(18)11-19-9-13(3)21-14(4)10-19/h5-8,12-14,17H,9-11,18H2,1-4H3/t13-,14+,17?. The molecule has 3 atom stereocenters. The number of rotatable bonds is 5. The predicted octanol–water partition coefficient (Wildman–Crippen LogP) is 2.58. The van der Waals surface area contributed by atoms with Gasteiger partial charge in [-0.05, 0) is 45.4 Å². The Morgan fingerprint density at radius 1 is 1.19 bits per heavy atom. The van der Waals surface area contributed by atoms with Gasteiger partial charge < -0.3 is 15.2 Å². The number of morpholine rings is 1. The van der Waals surface area contributed by atoms with E-state index >= 15 is 0 Å². The Bertz CT molecular complexity index is 423. The van der Waals surface area contributed by atoms with Gasteiger partial charge in [0.1, 0.15) is 5.75 Å². The Hall–Kier alpha value is -1.10. The summed E-state index contributed by atoms with van der Waals surface area (Å²) in [5.74, 6) is 0.898. The average molecular weight is 292 g/mol. The van der Waals surface area contributed by atoms with Crippen molar-refractivity contribution >= 4 is 0 Å². The summed E-state index contributed by atoms with van der Waals surface area (Å²) in [6, 6.07) is 8.15. The van der Waals surface area contributed by atoms with Crippen molar-refractivity contribution in [3.05, 3.63) is 29.8 Å². The van der Waals surface area contributed by atoms with Gasteiger partial charge in [0.15, 0.2) is 0 Å². The van der Waals surface area contributed by atoms with E-state index < -0.39 is 0 Å². The Labute approximate surface area is 128 Å². The first-order valence-corrected chi connectivity index (χ1v) is 7.84. The van der Waals surface area contributed by atoms with Gasteiger partial charge in [-0.15, -0.1) is 0 Å². The van der Waals surface area contributed by atoms with Crippen LogP contribution in [0.1, 0.15) is 39.3 Å². The van der Waals surface area contributed by atoms with Crippen molar-refractivity contribution in [1.29, 1.82) is 0 Å². The molecule has 1 aliphatic heterocycles. The van der Waals surface area contributed by atoms with Crippen LogP contribution in [0.25, 0.3) is 0 Å². The smallest absolute Gasteiger partial charge is 0.119 e. The topological polar surface area (TPSA) is 47.7 Å². The van der Waals surface area contributed by atoms with Gasteiger partial charge in [-0.1, -0.05) is 12.1 Å². The van der Waals surface area contributed by atoms with Gasteiger partial charge >= 0.3 is 0 Å². The molecule has 1 heterocycles. The van der Waals surface area contributed by atoms with Gasteiger partial charge in [-0.2, -0.15) is 0 Å². The van der Waals surface area contributed by atoms with Crippen LogP contribution in [0.5, 0.6) is 5.75 Å². The van der Waals surface area contributed by atoms with Crippen LogP contribution in [0.15, 0.2) is 24.3 Å². The zero-order valence-corrected chi connectivity index (χ0v) is 13.6. The molecule has 0 aromatic heterocycles. The molecule has 1 aromatic rings. The number of nitrogens with two attached hydrogens (primary N) is 1. The lowest BCUT2D eigenvalue weighted by molar-refractivity contribution is -0.0691. The van der Waals surface area contributed by atoms with Crippen molar-refractivity contribution < 1.29 is 9.47 Å². The van der Waals surface area contributed by atoms with Gasteiger partial charge in [0.2, 0.25) is 0 Å². The number of benzene rings is 1. The number of nitrogens with zero attached hydrogens (tertiary/aromatic N) is 1. The highest BCUT2D eigenvalue weighted by Crippen LogP contribution is 2.20. The van der Waals surface area contributed by atoms with Crippen molar-refractivity contribution in [1.82, 2.24) is 4.90 Å². The minimum absolute atomic E-state index is 0.0237. The molecule has 2 N–H and O–H groups in total. The van der Waals surface area contributed by atoms with Crippen molar-refractivity contribution in [2.75, 3.05) is 19.6 Å². The van der Waals surface area contributed by atoms with Crippen molar-refractivity contribution in [2.24, 2.45) is 5.73 Å². The Morgan fingerprint density at radius 2 is 1.76 bits per heavy atom. The van der Waals surface area contributed by atoms with Crippen molar-refractivity contribution in [3.63, 3.8) is 0 Å². The molecular weight excluding hydrogens is 264 g/mol. The van der Waals surface area contributed by atoms with Gasteiger partial charge in [0, 0.05) is 25.7 Å². The summed E-state index contributed by atoms with van der Waals surface area (Å²) in [5, 5.41) is 0. The van der Waals surface area contributed by atoms with Crippen molar-refractivity contribution in [3.8, 4) is 5.75 Å². The van der Waals surface area contributed by atoms with Gasteiger partial charge in [0.05, 0.1) is 18.3 Å². The second-order valence-electron chi connectivity index (χ2n) is 6.32. The highest BCUT2D eigenvalue weighted by molar-refractivity contribution is 5.29. The minimum atomic E-state index is 0.0237. The van der Waals surface area contributed by atoms with E-state index in [4.69, 9.17) is 15.2 Å². The Balaban J connectivity index is 1.92. The van der Waals surface area contributed by atoms with Crippen molar-refractivity contribution in [2.45, 2.75) is 52.0 Å². The lowest BCUT2D eigenvalue weighted by Gasteiger charge is -2.36. The maximum absolute atomic E-state index is 6.34. The molecule has 1 unspecified atom stereocenters. The van der Waals surface area contributed by atoms with E-state index in [0.717, 1.165) is 30.9 Å². The summed E-state index contributed by atoms with van der Waals surface area (Å²) in [6.45, 7) is 11.1. The maximum Gasteiger partial charge on any atom is 0.119 e. The van der Waals surface area contributed by atoms with Crippen LogP contribution in [-0.4, -0.2) is 42.8 Å². The monoisotopic (exact) mass is 292 g/mol. The molecule has 118 valence electrons. The lowest BCUT2D eigenvalue weighted by Crippen LogP contribution is -2.47. The summed E-state index contributed by atoms with van der Waals surface area (Å²) >= 11 is 0. The van der Waals surface area contributed by atoms with Gasteiger partial charge in [-0.3, -0.25) is 4.90 Å². The fourth-order valence-corrected chi connectivity index (χ4v) is 2.88. The van der Waals surface area contributed by atoms with E-state index in [1.54, 1.807) is 0 Å². The third-order valence-corrected chi connectivity index (χ3v) is 3.63. The van der Waals surface area contributed by atoms with Crippen LogP contribution in [-0.2, 0) is 4.74 Å². The summed E-state index contributed by atoms with van der Waals surface area (Å²) in [7, 11) is 0. The van der Waals surface area contributed by atoms with E-state index in [9.17, 15) is 0 Å². The lowest BCUT2D eigenvalue weighted by atomic mass is 10.1. The molecule has 0 radical (unpaired) electrons. The van der Waals surface area contributed by atoms with Gasteiger partial charge in [0.25, 0.3) is 0 Å². The molecule has 1 saturated heterocycles. The quantitative estimate of drug-likeness (QED) is 0.906. The first-order chi connectivity index (χ1) is 9.94. The van der Waals surface area contributed by atoms with E-state index in [1.807, 2.05) is 26.0 Å². The Morgan fingerprint density at radius 3 is 2.29 bits per heavy atom. The van der Waals surface area contributed by atoms with Crippen LogP contribution >= 0.6 is 0 Å². The van der Waals surface area contributed by atoms with Crippen LogP contribution in [0.3, 0.4) is 0 Å². The van der Waals surface area contributed by atoms with Crippen LogP contribution < -0.4 is 10.5 Å². The molecule has 0 aliphatic carbocycles. The summed E-state index contributed by atoms with van der Waals surface area (Å²) in [5.41, 5.74) is 7.50. The highest BCUT2D eigenvalue weighted by Gasteiger charge is 2.23. The zero-order chi connectivity index (χ0) is 15.4. The van der Waals surface area contributed by atoms with Gasteiger partial charge in [-0.25, -0.2) is 0 Å². The summed E-state index contributed by atoms with van der Waals surface area (Å²) in [6.07, 6.45) is 0.756. The molecule has 0 saturated carbocycles. The second-order valence-corrected chi connectivity index (χ2v) is 6.32. The molecule has 4 heteroatoms. The Kier molecular flexibility index (Phi) is 5.62. The molecule has 1 fully saturated rings. The third-order valence-electron chi connectivity index (χ3n) is 3.63.